The lowest BCUT2D eigenvalue weighted by molar-refractivity contribution is 1.12. The number of aryl methyl sites for hydroxylation is 1. The first-order chi connectivity index (χ1) is 14.8. The maximum absolute atomic E-state index is 4.71. The van der Waals surface area contributed by atoms with Gasteiger partial charge in [-0.05, 0) is 25.1 Å². The standard InChI is InChI=1S/C23H17N7/c1-15-16(5-4-8-26-15)12-28-23-29-21(17-10-24-14-25-11-17)9-22(30-23)19-13-27-20-7-3-2-6-18(19)20/h2-14,27H,1H3/b28-12+. The van der Waals surface area contributed by atoms with Gasteiger partial charge in [0.1, 0.15) is 6.33 Å². The molecule has 7 heteroatoms. The molecule has 1 N–H and O–H groups in total. The highest BCUT2D eigenvalue weighted by molar-refractivity contribution is 5.95. The Hall–Kier alpha value is -4.26. The maximum atomic E-state index is 4.71. The Bertz CT molecular complexity index is 1360. The molecular weight excluding hydrogens is 374 g/mol. The lowest BCUT2D eigenvalue weighted by Gasteiger charge is -2.06. The molecule has 0 radical (unpaired) electrons. The van der Waals surface area contributed by atoms with E-state index in [2.05, 4.69) is 36.0 Å². The molecular formula is C23H17N7. The number of hydrogen-bond acceptors (Lipinski definition) is 6. The van der Waals surface area contributed by atoms with Crippen molar-refractivity contribution in [3.8, 4) is 22.5 Å². The molecule has 7 nitrogen and oxygen atoms in total. The third-order valence-electron chi connectivity index (χ3n) is 4.80. The summed E-state index contributed by atoms with van der Waals surface area (Å²) in [7, 11) is 0. The van der Waals surface area contributed by atoms with Gasteiger partial charge in [-0.3, -0.25) is 4.98 Å². The van der Waals surface area contributed by atoms with Gasteiger partial charge in [-0.25, -0.2) is 24.9 Å². The monoisotopic (exact) mass is 391 g/mol. The third kappa shape index (κ3) is 3.44. The van der Waals surface area contributed by atoms with Gasteiger partial charge in [0.25, 0.3) is 0 Å². The first-order valence-corrected chi connectivity index (χ1v) is 9.44. The fraction of sp³-hybridized carbons (Fsp3) is 0.0435. The predicted octanol–water partition coefficient (Wildman–Crippen LogP) is 4.54. The molecule has 4 aromatic heterocycles. The van der Waals surface area contributed by atoms with Crippen LogP contribution in [0.3, 0.4) is 0 Å². The SMILES string of the molecule is Cc1ncccc1/C=N/c1nc(-c2cncnc2)cc(-c2c[nH]c3ccccc23)n1. The van der Waals surface area contributed by atoms with E-state index in [0.29, 0.717) is 11.6 Å². The van der Waals surface area contributed by atoms with E-state index in [1.165, 1.54) is 6.33 Å². The highest BCUT2D eigenvalue weighted by Crippen LogP contribution is 2.30. The normalized spacial score (nSPS) is 11.4. The largest absolute Gasteiger partial charge is 0.360 e. The predicted molar refractivity (Wildman–Crippen MR) is 117 cm³/mol. The number of H-pyrrole nitrogens is 1. The molecule has 0 saturated heterocycles. The van der Waals surface area contributed by atoms with Crippen molar-refractivity contribution in [1.29, 1.82) is 0 Å². The molecule has 0 aliphatic rings. The highest BCUT2D eigenvalue weighted by atomic mass is 15.0. The summed E-state index contributed by atoms with van der Waals surface area (Å²) in [6, 6.07) is 13.9. The Labute approximate surface area is 172 Å². The molecule has 0 atom stereocenters. The van der Waals surface area contributed by atoms with Crippen LogP contribution in [0.25, 0.3) is 33.4 Å². The second-order valence-corrected chi connectivity index (χ2v) is 6.75. The molecule has 0 fully saturated rings. The highest BCUT2D eigenvalue weighted by Gasteiger charge is 2.12. The van der Waals surface area contributed by atoms with Crippen molar-refractivity contribution >= 4 is 23.1 Å². The van der Waals surface area contributed by atoms with E-state index in [1.54, 1.807) is 24.8 Å². The van der Waals surface area contributed by atoms with Crippen molar-refractivity contribution in [2.75, 3.05) is 0 Å². The first kappa shape index (κ1) is 17.8. The van der Waals surface area contributed by atoms with Gasteiger partial charge in [0.2, 0.25) is 5.95 Å². The molecule has 0 aliphatic heterocycles. The van der Waals surface area contributed by atoms with Gasteiger partial charge in [0.15, 0.2) is 0 Å². The molecule has 0 spiro atoms. The van der Waals surface area contributed by atoms with E-state index in [-0.39, 0.29) is 0 Å². The first-order valence-electron chi connectivity index (χ1n) is 9.44. The van der Waals surface area contributed by atoms with E-state index in [1.807, 2.05) is 49.5 Å². The van der Waals surface area contributed by atoms with Crippen LogP contribution < -0.4 is 0 Å². The van der Waals surface area contributed by atoms with Crippen molar-refractivity contribution < 1.29 is 0 Å². The number of benzene rings is 1. The van der Waals surface area contributed by atoms with Gasteiger partial charge in [-0.15, -0.1) is 0 Å². The smallest absolute Gasteiger partial charge is 0.250 e. The van der Waals surface area contributed by atoms with Crippen molar-refractivity contribution in [2.24, 2.45) is 4.99 Å². The Balaban J connectivity index is 1.65. The topological polar surface area (TPSA) is 92.6 Å². The zero-order valence-electron chi connectivity index (χ0n) is 16.2. The van der Waals surface area contributed by atoms with Crippen molar-refractivity contribution in [3.63, 3.8) is 0 Å². The minimum absolute atomic E-state index is 0.361. The Kier molecular flexibility index (Phi) is 4.53. The van der Waals surface area contributed by atoms with Gasteiger partial charge in [-0.2, -0.15) is 0 Å². The summed E-state index contributed by atoms with van der Waals surface area (Å²) in [4.78, 5) is 29.7. The van der Waals surface area contributed by atoms with Gasteiger partial charge in [0.05, 0.1) is 11.4 Å². The van der Waals surface area contributed by atoms with Crippen LogP contribution in [0, 0.1) is 6.92 Å². The molecule has 0 unspecified atom stereocenters. The maximum Gasteiger partial charge on any atom is 0.250 e. The number of aliphatic imine (C=N–C) groups is 1. The Morgan fingerprint density at radius 3 is 2.67 bits per heavy atom. The molecule has 0 amide bonds. The van der Waals surface area contributed by atoms with E-state index in [0.717, 1.165) is 39.0 Å². The average Bonchev–Trinajstić information content (AvgIpc) is 3.23. The molecule has 144 valence electrons. The number of para-hydroxylation sites is 1. The number of nitrogens with zero attached hydrogens (tertiary/aromatic N) is 6. The molecule has 5 aromatic rings. The van der Waals surface area contributed by atoms with Crippen LogP contribution in [0.5, 0.6) is 0 Å². The van der Waals surface area contributed by atoms with Crippen molar-refractivity contribution in [1.82, 2.24) is 29.9 Å². The number of rotatable bonds is 4. The summed E-state index contributed by atoms with van der Waals surface area (Å²) in [6.07, 6.45) is 10.4. The summed E-state index contributed by atoms with van der Waals surface area (Å²) in [5.74, 6) is 0.361. The lowest BCUT2D eigenvalue weighted by Crippen LogP contribution is -1.94. The van der Waals surface area contributed by atoms with Gasteiger partial charge < -0.3 is 4.98 Å². The van der Waals surface area contributed by atoms with Crippen LogP contribution in [-0.4, -0.2) is 36.1 Å². The zero-order chi connectivity index (χ0) is 20.3. The van der Waals surface area contributed by atoms with Gasteiger partial charge in [-0.1, -0.05) is 24.3 Å². The molecule has 5 rings (SSSR count). The number of fused-ring (bicyclic) bond motifs is 1. The summed E-state index contributed by atoms with van der Waals surface area (Å²) >= 11 is 0. The second kappa shape index (κ2) is 7.63. The van der Waals surface area contributed by atoms with Crippen LogP contribution in [-0.2, 0) is 0 Å². The van der Waals surface area contributed by atoms with Crippen molar-refractivity contribution in [3.05, 3.63) is 84.8 Å². The van der Waals surface area contributed by atoms with Crippen LogP contribution >= 0.6 is 0 Å². The quantitative estimate of drug-likeness (QED) is 0.454. The summed E-state index contributed by atoms with van der Waals surface area (Å²) in [6.45, 7) is 1.94. The minimum atomic E-state index is 0.361. The van der Waals surface area contributed by atoms with Gasteiger partial charge in [0, 0.05) is 64.3 Å². The minimum Gasteiger partial charge on any atom is -0.360 e. The summed E-state index contributed by atoms with van der Waals surface area (Å²) in [5, 5.41) is 1.09. The molecule has 0 aliphatic carbocycles. The van der Waals surface area contributed by atoms with E-state index in [9.17, 15) is 0 Å². The van der Waals surface area contributed by atoms with Crippen molar-refractivity contribution in [2.45, 2.75) is 6.92 Å². The number of hydrogen-bond donors (Lipinski definition) is 1. The van der Waals surface area contributed by atoms with Gasteiger partial charge >= 0.3 is 0 Å². The third-order valence-corrected chi connectivity index (χ3v) is 4.80. The van der Waals surface area contributed by atoms with Crippen LogP contribution in [0.1, 0.15) is 11.3 Å². The summed E-state index contributed by atoms with van der Waals surface area (Å²) in [5.41, 5.74) is 6.13. The van der Waals surface area contributed by atoms with E-state index < -0.39 is 0 Å². The van der Waals surface area contributed by atoms with E-state index >= 15 is 0 Å². The number of aromatic amines is 1. The number of aromatic nitrogens is 6. The molecule has 30 heavy (non-hydrogen) atoms. The number of nitrogens with one attached hydrogen (secondary N) is 1. The Morgan fingerprint density at radius 2 is 1.80 bits per heavy atom. The van der Waals surface area contributed by atoms with Crippen LogP contribution in [0.15, 0.2) is 78.6 Å². The van der Waals surface area contributed by atoms with Crippen LogP contribution in [0.2, 0.25) is 0 Å². The summed E-state index contributed by atoms with van der Waals surface area (Å²) < 4.78 is 0. The molecule has 0 saturated carbocycles. The fourth-order valence-electron chi connectivity index (χ4n) is 3.25. The molecule has 1 aromatic carbocycles. The molecule has 0 bridgehead atoms. The van der Waals surface area contributed by atoms with Crippen LogP contribution in [0.4, 0.5) is 5.95 Å². The average molecular weight is 391 g/mol. The second-order valence-electron chi connectivity index (χ2n) is 6.75. The zero-order valence-corrected chi connectivity index (χ0v) is 16.2. The molecule has 4 heterocycles. The number of pyridine rings is 1. The van der Waals surface area contributed by atoms with E-state index in [4.69, 9.17) is 4.98 Å². The Morgan fingerprint density at radius 1 is 0.967 bits per heavy atom. The fourth-order valence-corrected chi connectivity index (χ4v) is 3.25. The lowest BCUT2D eigenvalue weighted by atomic mass is 10.1.